The highest BCUT2D eigenvalue weighted by Gasteiger charge is 2.22. The second kappa shape index (κ2) is 8.21. The number of amides is 1. The van der Waals surface area contributed by atoms with E-state index < -0.39 is 0 Å². The molecule has 6 nitrogen and oxygen atoms in total. The Balaban J connectivity index is 1.18. The summed E-state index contributed by atoms with van der Waals surface area (Å²) < 4.78 is 24.0. The van der Waals surface area contributed by atoms with Crippen LogP contribution in [-0.4, -0.2) is 28.7 Å². The standard InChI is InChI=1S/C21H20FN3O3/c22-16-10-8-14(9-11-16)21-24-20(28-25-21)7-3-6-19(26)23-13-17-12-15-4-1-2-5-18(15)27-17/h1-2,4-5,8-11,17H,3,6-7,12-13H2,(H,23,26). The van der Waals surface area contributed by atoms with Crippen molar-refractivity contribution in [1.29, 1.82) is 0 Å². The molecule has 0 aliphatic carbocycles. The van der Waals surface area contributed by atoms with E-state index in [0.29, 0.717) is 43.1 Å². The number of rotatable bonds is 7. The van der Waals surface area contributed by atoms with Crippen LogP contribution in [-0.2, 0) is 17.6 Å². The number of para-hydroxylation sites is 1. The molecule has 0 saturated carbocycles. The van der Waals surface area contributed by atoms with Crippen LogP contribution >= 0.6 is 0 Å². The zero-order valence-electron chi connectivity index (χ0n) is 15.2. The van der Waals surface area contributed by atoms with E-state index in [1.165, 1.54) is 17.7 Å². The Kier molecular flexibility index (Phi) is 5.32. The number of carbonyl (C=O) groups excluding carboxylic acids is 1. The van der Waals surface area contributed by atoms with Crippen LogP contribution in [0.3, 0.4) is 0 Å². The lowest BCUT2D eigenvalue weighted by Gasteiger charge is -2.11. The number of nitrogens with one attached hydrogen (secondary N) is 1. The molecule has 4 rings (SSSR count). The quantitative estimate of drug-likeness (QED) is 0.679. The Morgan fingerprint density at radius 2 is 2.00 bits per heavy atom. The number of benzene rings is 2. The van der Waals surface area contributed by atoms with E-state index >= 15 is 0 Å². The van der Waals surface area contributed by atoms with Gasteiger partial charge in [-0.1, -0.05) is 23.4 Å². The Morgan fingerprint density at radius 1 is 1.18 bits per heavy atom. The van der Waals surface area contributed by atoms with Gasteiger partial charge in [0.25, 0.3) is 0 Å². The number of hydrogen-bond donors (Lipinski definition) is 1. The summed E-state index contributed by atoms with van der Waals surface area (Å²) in [6.07, 6.45) is 2.27. The normalized spacial score (nSPS) is 15.1. The van der Waals surface area contributed by atoms with Gasteiger partial charge in [-0.3, -0.25) is 4.79 Å². The lowest BCUT2D eigenvalue weighted by atomic mass is 10.1. The first kappa shape index (κ1) is 18.2. The highest BCUT2D eigenvalue weighted by atomic mass is 19.1. The molecule has 0 spiro atoms. The maximum absolute atomic E-state index is 13.0. The van der Waals surface area contributed by atoms with Crippen LogP contribution in [0.25, 0.3) is 11.4 Å². The van der Waals surface area contributed by atoms with Crippen LogP contribution in [0.4, 0.5) is 4.39 Å². The maximum Gasteiger partial charge on any atom is 0.226 e. The summed E-state index contributed by atoms with van der Waals surface area (Å²) in [5.74, 6) is 1.43. The van der Waals surface area contributed by atoms with Crippen LogP contribution in [0.5, 0.6) is 5.75 Å². The lowest BCUT2D eigenvalue weighted by Crippen LogP contribution is -2.34. The Labute approximate surface area is 161 Å². The van der Waals surface area contributed by atoms with Crippen molar-refractivity contribution in [2.75, 3.05) is 6.54 Å². The van der Waals surface area contributed by atoms with Gasteiger partial charge >= 0.3 is 0 Å². The van der Waals surface area contributed by atoms with Crippen LogP contribution in [0.1, 0.15) is 24.3 Å². The van der Waals surface area contributed by atoms with Gasteiger partial charge in [0.05, 0.1) is 6.54 Å². The van der Waals surface area contributed by atoms with E-state index in [0.717, 1.165) is 12.2 Å². The second-order valence-corrected chi connectivity index (χ2v) is 6.73. The van der Waals surface area contributed by atoms with Crippen molar-refractivity contribution >= 4 is 5.91 Å². The molecule has 1 aromatic heterocycles. The molecule has 2 aromatic carbocycles. The van der Waals surface area contributed by atoms with Crippen LogP contribution in [0.2, 0.25) is 0 Å². The first-order chi connectivity index (χ1) is 13.7. The molecule has 0 fully saturated rings. The van der Waals surface area contributed by atoms with Gasteiger partial charge in [-0.15, -0.1) is 0 Å². The number of carbonyl (C=O) groups is 1. The number of fused-ring (bicyclic) bond motifs is 1. The Morgan fingerprint density at radius 3 is 2.82 bits per heavy atom. The minimum atomic E-state index is -0.314. The van der Waals surface area contributed by atoms with Gasteiger partial charge in [0.15, 0.2) is 0 Å². The fourth-order valence-corrected chi connectivity index (χ4v) is 3.16. The van der Waals surface area contributed by atoms with Crippen molar-refractivity contribution in [3.05, 3.63) is 65.8 Å². The predicted molar refractivity (Wildman–Crippen MR) is 100 cm³/mol. The molecule has 1 atom stereocenters. The third-order valence-corrected chi connectivity index (χ3v) is 4.61. The van der Waals surface area contributed by atoms with Gasteiger partial charge in [-0.25, -0.2) is 4.39 Å². The summed E-state index contributed by atoms with van der Waals surface area (Å²) in [6.45, 7) is 0.489. The van der Waals surface area contributed by atoms with Gasteiger partial charge in [0.1, 0.15) is 17.7 Å². The number of halogens is 1. The smallest absolute Gasteiger partial charge is 0.226 e. The minimum absolute atomic E-state index is 0.0180. The highest BCUT2D eigenvalue weighted by molar-refractivity contribution is 5.75. The van der Waals surface area contributed by atoms with E-state index in [-0.39, 0.29) is 17.8 Å². The van der Waals surface area contributed by atoms with E-state index in [9.17, 15) is 9.18 Å². The molecule has 3 aromatic rings. The van der Waals surface area contributed by atoms with Crippen molar-refractivity contribution in [1.82, 2.24) is 15.5 Å². The van der Waals surface area contributed by atoms with E-state index in [1.807, 2.05) is 24.3 Å². The summed E-state index contributed by atoms with van der Waals surface area (Å²) >= 11 is 0. The molecule has 0 radical (unpaired) electrons. The molecule has 1 unspecified atom stereocenters. The molecule has 1 N–H and O–H groups in total. The average molecular weight is 381 g/mol. The van der Waals surface area contributed by atoms with Crippen LogP contribution in [0.15, 0.2) is 53.1 Å². The monoisotopic (exact) mass is 381 g/mol. The van der Waals surface area contributed by atoms with Gasteiger partial charge in [-0.05, 0) is 42.3 Å². The van der Waals surface area contributed by atoms with E-state index in [2.05, 4.69) is 15.5 Å². The molecule has 2 heterocycles. The molecule has 1 aliphatic rings. The lowest BCUT2D eigenvalue weighted by molar-refractivity contribution is -0.121. The molecule has 28 heavy (non-hydrogen) atoms. The first-order valence-corrected chi connectivity index (χ1v) is 9.27. The zero-order valence-corrected chi connectivity index (χ0v) is 15.2. The summed E-state index contributed by atoms with van der Waals surface area (Å²) in [6, 6.07) is 13.8. The summed E-state index contributed by atoms with van der Waals surface area (Å²) in [5, 5.41) is 6.81. The fourth-order valence-electron chi connectivity index (χ4n) is 3.16. The summed E-state index contributed by atoms with van der Waals surface area (Å²) in [4.78, 5) is 16.3. The number of hydrogen-bond acceptors (Lipinski definition) is 5. The third-order valence-electron chi connectivity index (χ3n) is 4.61. The second-order valence-electron chi connectivity index (χ2n) is 6.73. The number of aryl methyl sites for hydroxylation is 1. The van der Waals surface area contributed by atoms with Crippen LogP contribution < -0.4 is 10.1 Å². The maximum atomic E-state index is 13.0. The fraction of sp³-hybridized carbons (Fsp3) is 0.286. The summed E-state index contributed by atoms with van der Waals surface area (Å²) in [5.41, 5.74) is 1.86. The van der Waals surface area contributed by atoms with Crippen molar-refractivity contribution < 1.29 is 18.4 Å². The molecule has 7 heteroatoms. The first-order valence-electron chi connectivity index (χ1n) is 9.27. The molecular formula is C21H20FN3O3. The molecule has 144 valence electrons. The Hall–Kier alpha value is -3.22. The van der Waals surface area contributed by atoms with Gasteiger partial charge < -0.3 is 14.6 Å². The van der Waals surface area contributed by atoms with Crippen molar-refractivity contribution in [3.8, 4) is 17.1 Å². The van der Waals surface area contributed by atoms with Crippen LogP contribution in [0, 0.1) is 5.82 Å². The molecule has 0 saturated heterocycles. The minimum Gasteiger partial charge on any atom is -0.488 e. The zero-order chi connectivity index (χ0) is 19.3. The number of nitrogens with zero attached hydrogens (tertiary/aromatic N) is 2. The van der Waals surface area contributed by atoms with Crippen molar-refractivity contribution in [2.45, 2.75) is 31.8 Å². The Bertz CT molecular complexity index is 931. The van der Waals surface area contributed by atoms with Crippen molar-refractivity contribution in [2.24, 2.45) is 0 Å². The van der Waals surface area contributed by atoms with E-state index in [1.54, 1.807) is 12.1 Å². The number of ether oxygens (including phenoxy) is 1. The molecule has 0 bridgehead atoms. The molecule has 1 aliphatic heterocycles. The summed E-state index contributed by atoms with van der Waals surface area (Å²) in [7, 11) is 0. The highest BCUT2D eigenvalue weighted by Crippen LogP contribution is 2.27. The van der Waals surface area contributed by atoms with Crippen molar-refractivity contribution in [3.63, 3.8) is 0 Å². The molecule has 1 amide bonds. The predicted octanol–water partition coefficient (Wildman–Crippen LogP) is 3.32. The van der Waals surface area contributed by atoms with Gasteiger partial charge in [-0.2, -0.15) is 4.98 Å². The third kappa shape index (κ3) is 4.36. The van der Waals surface area contributed by atoms with Gasteiger partial charge in [0, 0.05) is 24.8 Å². The average Bonchev–Trinajstić information content (AvgIpc) is 3.33. The topological polar surface area (TPSA) is 77.2 Å². The van der Waals surface area contributed by atoms with E-state index in [4.69, 9.17) is 9.26 Å². The van der Waals surface area contributed by atoms with Gasteiger partial charge in [0.2, 0.25) is 17.6 Å². The molecular weight excluding hydrogens is 361 g/mol. The SMILES string of the molecule is O=C(CCCc1nc(-c2ccc(F)cc2)no1)NCC1Cc2ccccc2O1. The number of aromatic nitrogens is 2. The largest absolute Gasteiger partial charge is 0.488 e.